The standard InChI is InChI=1S/C16H28N4O/c1-7-17-14-11-12(10-13(19-14)16(2,3)4)15(21)18-8-9-20(5)6/h10-11H,7-9H2,1-6H3,(H,17,19)(H,18,21). The number of hydrogen-bond acceptors (Lipinski definition) is 4. The van der Waals surface area contributed by atoms with E-state index in [1.165, 1.54) is 0 Å². The Hall–Kier alpha value is -1.62. The minimum absolute atomic E-state index is 0.0519. The van der Waals surface area contributed by atoms with Gasteiger partial charge in [0.2, 0.25) is 0 Å². The molecule has 0 aromatic carbocycles. The van der Waals surface area contributed by atoms with Gasteiger partial charge in [0.25, 0.3) is 5.91 Å². The molecule has 1 heterocycles. The van der Waals surface area contributed by atoms with Crippen molar-refractivity contribution in [3.05, 3.63) is 23.4 Å². The highest BCUT2D eigenvalue weighted by molar-refractivity contribution is 5.95. The van der Waals surface area contributed by atoms with Crippen LogP contribution < -0.4 is 10.6 Å². The lowest BCUT2D eigenvalue weighted by molar-refractivity contribution is 0.0951. The van der Waals surface area contributed by atoms with Gasteiger partial charge in [-0.2, -0.15) is 0 Å². The zero-order valence-electron chi connectivity index (χ0n) is 14.1. The second kappa shape index (κ2) is 7.41. The lowest BCUT2D eigenvalue weighted by atomic mass is 9.90. The maximum absolute atomic E-state index is 12.3. The summed E-state index contributed by atoms with van der Waals surface area (Å²) in [7, 11) is 3.97. The number of amides is 1. The predicted molar refractivity (Wildman–Crippen MR) is 88.0 cm³/mol. The minimum Gasteiger partial charge on any atom is -0.370 e. The summed E-state index contributed by atoms with van der Waals surface area (Å²) >= 11 is 0. The van der Waals surface area contributed by atoms with Crippen molar-refractivity contribution in [1.29, 1.82) is 0 Å². The van der Waals surface area contributed by atoms with Crippen LogP contribution in [0.5, 0.6) is 0 Å². The van der Waals surface area contributed by atoms with Gasteiger partial charge in [-0.25, -0.2) is 4.98 Å². The van der Waals surface area contributed by atoms with Gasteiger partial charge in [0.15, 0.2) is 0 Å². The van der Waals surface area contributed by atoms with Crippen molar-refractivity contribution < 1.29 is 4.79 Å². The average molecular weight is 292 g/mol. The molecule has 1 amide bonds. The number of anilines is 1. The Morgan fingerprint density at radius 2 is 1.95 bits per heavy atom. The summed E-state index contributed by atoms with van der Waals surface area (Å²) in [6.45, 7) is 10.5. The first-order valence-corrected chi connectivity index (χ1v) is 7.43. The van der Waals surface area contributed by atoms with Crippen LogP contribution in [0.1, 0.15) is 43.7 Å². The van der Waals surface area contributed by atoms with Gasteiger partial charge < -0.3 is 15.5 Å². The number of carbonyl (C=O) groups is 1. The molecule has 1 rings (SSSR count). The minimum atomic E-state index is -0.0932. The van der Waals surface area contributed by atoms with Crippen molar-refractivity contribution in [2.24, 2.45) is 0 Å². The number of pyridine rings is 1. The van der Waals surface area contributed by atoms with Crippen LogP contribution in [0.15, 0.2) is 12.1 Å². The number of aromatic nitrogens is 1. The number of nitrogens with zero attached hydrogens (tertiary/aromatic N) is 2. The first kappa shape index (κ1) is 17.4. The highest BCUT2D eigenvalue weighted by Crippen LogP contribution is 2.23. The molecule has 0 aliphatic carbocycles. The van der Waals surface area contributed by atoms with Crippen LogP contribution in [0.4, 0.5) is 5.82 Å². The van der Waals surface area contributed by atoms with Gasteiger partial charge >= 0.3 is 0 Å². The van der Waals surface area contributed by atoms with E-state index in [1.54, 1.807) is 0 Å². The maximum Gasteiger partial charge on any atom is 0.251 e. The molecule has 0 aliphatic rings. The van der Waals surface area contributed by atoms with Crippen LogP contribution in [0, 0.1) is 0 Å². The molecule has 2 N–H and O–H groups in total. The van der Waals surface area contributed by atoms with E-state index in [0.29, 0.717) is 12.1 Å². The molecular weight excluding hydrogens is 264 g/mol. The Morgan fingerprint density at radius 3 is 2.48 bits per heavy atom. The van der Waals surface area contributed by atoms with Crippen LogP contribution in [-0.4, -0.2) is 49.5 Å². The molecular formula is C16H28N4O. The van der Waals surface area contributed by atoms with Crippen molar-refractivity contribution in [3.8, 4) is 0 Å². The van der Waals surface area contributed by atoms with E-state index in [4.69, 9.17) is 0 Å². The van der Waals surface area contributed by atoms with Crippen molar-refractivity contribution in [1.82, 2.24) is 15.2 Å². The summed E-state index contributed by atoms with van der Waals surface area (Å²) in [5.74, 6) is 0.701. The Bertz CT molecular complexity index is 478. The molecule has 1 aromatic rings. The molecule has 0 aliphatic heterocycles. The molecule has 0 spiro atoms. The van der Waals surface area contributed by atoms with E-state index in [0.717, 1.165) is 24.6 Å². The molecule has 118 valence electrons. The molecule has 0 saturated carbocycles. The van der Waals surface area contributed by atoms with Crippen LogP contribution in [0.3, 0.4) is 0 Å². The zero-order chi connectivity index (χ0) is 16.0. The third-order valence-corrected chi connectivity index (χ3v) is 3.06. The van der Waals surface area contributed by atoms with Crippen molar-refractivity contribution in [2.75, 3.05) is 39.0 Å². The summed E-state index contributed by atoms with van der Waals surface area (Å²) in [6, 6.07) is 3.69. The molecule has 0 unspecified atom stereocenters. The Labute approximate surface area is 128 Å². The fourth-order valence-corrected chi connectivity index (χ4v) is 1.81. The molecule has 5 nitrogen and oxygen atoms in total. The quantitative estimate of drug-likeness (QED) is 0.843. The first-order valence-electron chi connectivity index (χ1n) is 7.43. The van der Waals surface area contributed by atoms with Gasteiger partial charge in [-0.05, 0) is 33.2 Å². The second-order valence-corrected chi connectivity index (χ2v) is 6.47. The largest absolute Gasteiger partial charge is 0.370 e. The van der Waals surface area contributed by atoms with Gasteiger partial charge in [0.1, 0.15) is 5.82 Å². The highest BCUT2D eigenvalue weighted by Gasteiger charge is 2.19. The third kappa shape index (κ3) is 5.71. The van der Waals surface area contributed by atoms with E-state index in [1.807, 2.05) is 38.1 Å². The van der Waals surface area contributed by atoms with Gasteiger partial charge in [-0.15, -0.1) is 0 Å². The number of hydrogen-bond donors (Lipinski definition) is 2. The van der Waals surface area contributed by atoms with E-state index >= 15 is 0 Å². The molecule has 5 heteroatoms. The number of rotatable bonds is 6. The molecule has 0 radical (unpaired) electrons. The number of likely N-dealkylation sites (N-methyl/N-ethyl adjacent to an activating group) is 1. The molecule has 0 fully saturated rings. The number of carbonyl (C=O) groups excluding carboxylic acids is 1. The Morgan fingerprint density at radius 1 is 1.29 bits per heavy atom. The lowest BCUT2D eigenvalue weighted by Crippen LogP contribution is -2.31. The van der Waals surface area contributed by atoms with E-state index in [9.17, 15) is 4.79 Å². The SMILES string of the molecule is CCNc1cc(C(=O)NCCN(C)C)cc(C(C)(C)C)n1. The fraction of sp³-hybridized carbons (Fsp3) is 0.625. The van der Waals surface area contributed by atoms with Gasteiger partial charge in [-0.1, -0.05) is 20.8 Å². The third-order valence-electron chi connectivity index (χ3n) is 3.06. The zero-order valence-corrected chi connectivity index (χ0v) is 14.1. The molecule has 0 saturated heterocycles. The van der Waals surface area contributed by atoms with E-state index in [-0.39, 0.29) is 11.3 Å². The van der Waals surface area contributed by atoms with E-state index in [2.05, 4.69) is 36.4 Å². The Balaban J connectivity index is 2.94. The van der Waals surface area contributed by atoms with Gasteiger partial charge in [-0.3, -0.25) is 4.79 Å². The number of nitrogens with one attached hydrogen (secondary N) is 2. The lowest BCUT2D eigenvalue weighted by Gasteiger charge is -2.20. The molecule has 21 heavy (non-hydrogen) atoms. The second-order valence-electron chi connectivity index (χ2n) is 6.47. The molecule has 1 aromatic heterocycles. The summed E-state index contributed by atoms with van der Waals surface area (Å²) in [6.07, 6.45) is 0. The Kier molecular flexibility index (Phi) is 6.15. The van der Waals surface area contributed by atoms with Crippen LogP contribution in [-0.2, 0) is 5.41 Å². The van der Waals surface area contributed by atoms with Crippen LogP contribution >= 0.6 is 0 Å². The average Bonchev–Trinajstić information content (AvgIpc) is 2.37. The highest BCUT2D eigenvalue weighted by atomic mass is 16.1. The molecule has 0 atom stereocenters. The topological polar surface area (TPSA) is 57.3 Å². The summed E-state index contributed by atoms with van der Waals surface area (Å²) in [4.78, 5) is 18.9. The van der Waals surface area contributed by atoms with Crippen molar-refractivity contribution in [2.45, 2.75) is 33.1 Å². The van der Waals surface area contributed by atoms with Crippen LogP contribution in [0.25, 0.3) is 0 Å². The van der Waals surface area contributed by atoms with Gasteiger partial charge in [0, 0.05) is 36.3 Å². The first-order chi connectivity index (χ1) is 9.74. The summed E-state index contributed by atoms with van der Waals surface area (Å²) in [5, 5.41) is 6.13. The normalized spacial score (nSPS) is 11.6. The van der Waals surface area contributed by atoms with Crippen molar-refractivity contribution in [3.63, 3.8) is 0 Å². The monoisotopic (exact) mass is 292 g/mol. The predicted octanol–water partition coefficient (Wildman–Crippen LogP) is 2.10. The van der Waals surface area contributed by atoms with Crippen LogP contribution in [0.2, 0.25) is 0 Å². The fourth-order valence-electron chi connectivity index (χ4n) is 1.81. The molecule has 0 bridgehead atoms. The van der Waals surface area contributed by atoms with Gasteiger partial charge in [0.05, 0.1) is 0 Å². The van der Waals surface area contributed by atoms with E-state index < -0.39 is 0 Å². The maximum atomic E-state index is 12.3. The smallest absolute Gasteiger partial charge is 0.251 e. The summed E-state index contributed by atoms with van der Waals surface area (Å²) in [5.41, 5.74) is 1.48. The van der Waals surface area contributed by atoms with Crippen molar-refractivity contribution >= 4 is 11.7 Å². The summed E-state index contributed by atoms with van der Waals surface area (Å²) < 4.78 is 0.